The molecule has 1 aromatic rings. The van der Waals surface area contributed by atoms with Crippen LogP contribution < -0.4 is 10.6 Å². The van der Waals surface area contributed by atoms with Crippen molar-refractivity contribution in [2.45, 2.75) is 25.8 Å². The van der Waals surface area contributed by atoms with Gasteiger partial charge in [0.1, 0.15) is 0 Å². The Morgan fingerprint density at radius 3 is 2.93 bits per heavy atom. The van der Waals surface area contributed by atoms with Crippen molar-refractivity contribution in [2.75, 3.05) is 18.0 Å². The Balaban J connectivity index is 2.26. The number of nitrogens with zero attached hydrogens (tertiary/aromatic N) is 1. The van der Waals surface area contributed by atoms with Crippen LogP contribution in [0.3, 0.4) is 0 Å². The first-order valence-electron chi connectivity index (χ1n) is 5.35. The van der Waals surface area contributed by atoms with Gasteiger partial charge in [-0.2, -0.15) is 0 Å². The predicted octanol–water partition coefficient (Wildman–Crippen LogP) is 1.92. The average molecular weight is 190 g/mol. The van der Waals surface area contributed by atoms with Crippen molar-refractivity contribution in [3.63, 3.8) is 0 Å². The molecule has 1 aliphatic rings. The van der Waals surface area contributed by atoms with Gasteiger partial charge in [-0.25, -0.2) is 0 Å². The van der Waals surface area contributed by atoms with Crippen LogP contribution in [-0.2, 0) is 0 Å². The fourth-order valence-corrected chi connectivity index (χ4v) is 2.28. The highest BCUT2D eigenvalue weighted by Crippen LogP contribution is 2.27. The van der Waals surface area contributed by atoms with Crippen molar-refractivity contribution in [2.24, 2.45) is 5.73 Å². The number of nitrogens with two attached hydrogens (primary N) is 1. The molecule has 2 rings (SSSR count). The van der Waals surface area contributed by atoms with Gasteiger partial charge in [0.25, 0.3) is 0 Å². The maximum Gasteiger partial charge on any atom is 0.0413 e. The van der Waals surface area contributed by atoms with Gasteiger partial charge in [-0.3, -0.25) is 0 Å². The van der Waals surface area contributed by atoms with Gasteiger partial charge in [0.15, 0.2) is 0 Å². The van der Waals surface area contributed by atoms with Crippen molar-refractivity contribution in [3.05, 3.63) is 29.8 Å². The highest BCUT2D eigenvalue weighted by molar-refractivity contribution is 5.54. The molecule has 14 heavy (non-hydrogen) atoms. The monoisotopic (exact) mass is 190 g/mol. The zero-order chi connectivity index (χ0) is 9.97. The van der Waals surface area contributed by atoms with E-state index in [4.69, 9.17) is 5.73 Å². The molecule has 0 bridgehead atoms. The topological polar surface area (TPSA) is 29.3 Å². The van der Waals surface area contributed by atoms with E-state index in [1.165, 1.54) is 24.1 Å². The summed E-state index contributed by atoms with van der Waals surface area (Å²) in [7, 11) is 0. The van der Waals surface area contributed by atoms with E-state index in [9.17, 15) is 0 Å². The number of hydrogen-bond donors (Lipinski definition) is 1. The van der Waals surface area contributed by atoms with Gasteiger partial charge in [-0.05, 0) is 31.4 Å². The Bertz CT molecular complexity index is 309. The fourth-order valence-electron chi connectivity index (χ4n) is 2.28. The molecule has 1 aromatic carbocycles. The molecule has 0 saturated carbocycles. The van der Waals surface area contributed by atoms with E-state index in [0.29, 0.717) is 6.04 Å². The lowest BCUT2D eigenvalue weighted by molar-refractivity contribution is 0.676. The second kappa shape index (κ2) is 4.01. The number of benzene rings is 1. The van der Waals surface area contributed by atoms with Crippen LogP contribution >= 0.6 is 0 Å². The number of aryl methyl sites for hydroxylation is 1. The van der Waals surface area contributed by atoms with Crippen LogP contribution in [0.2, 0.25) is 0 Å². The third kappa shape index (κ3) is 1.62. The van der Waals surface area contributed by atoms with E-state index in [1.54, 1.807) is 0 Å². The lowest BCUT2D eigenvalue weighted by atomic mass is 10.1. The van der Waals surface area contributed by atoms with Gasteiger partial charge in [0.2, 0.25) is 0 Å². The Morgan fingerprint density at radius 1 is 1.43 bits per heavy atom. The van der Waals surface area contributed by atoms with Gasteiger partial charge in [-0.15, -0.1) is 0 Å². The maximum absolute atomic E-state index is 5.77. The summed E-state index contributed by atoms with van der Waals surface area (Å²) in [5.74, 6) is 0. The number of para-hydroxylation sites is 1. The fraction of sp³-hybridized carbons (Fsp3) is 0.500. The molecule has 1 atom stereocenters. The van der Waals surface area contributed by atoms with Gasteiger partial charge in [0, 0.05) is 24.8 Å². The van der Waals surface area contributed by atoms with Crippen LogP contribution in [0.25, 0.3) is 0 Å². The summed E-state index contributed by atoms with van der Waals surface area (Å²) in [6.45, 7) is 4.10. The van der Waals surface area contributed by atoms with Crippen LogP contribution in [0.5, 0.6) is 0 Å². The predicted molar refractivity (Wildman–Crippen MR) is 60.6 cm³/mol. The molecule has 0 aliphatic carbocycles. The molecule has 1 aliphatic heterocycles. The summed E-state index contributed by atoms with van der Waals surface area (Å²) >= 11 is 0. The van der Waals surface area contributed by atoms with E-state index in [0.717, 1.165) is 13.1 Å². The van der Waals surface area contributed by atoms with Crippen LogP contribution in [-0.4, -0.2) is 19.1 Å². The first-order chi connectivity index (χ1) is 6.83. The maximum atomic E-state index is 5.77. The molecule has 0 radical (unpaired) electrons. The average Bonchev–Trinajstić information content (AvgIpc) is 2.66. The van der Waals surface area contributed by atoms with Crippen LogP contribution in [0.1, 0.15) is 18.4 Å². The third-order valence-electron chi connectivity index (χ3n) is 3.07. The molecule has 2 nitrogen and oxygen atoms in total. The largest absolute Gasteiger partial charge is 0.367 e. The molecular weight excluding hydrogens is 172 g/mol. The van der Waals surface area contributed by atoms with E-state index in [1.807, 2.05) is 0 Å². The summed E-state index contributed by atoms with van der Waals surface area (Å²) in [4.78, 5) is 2.45. The van der Waals surface area contributed by atoms with Crippen molar-refractivity contribution in [1.82, 2.24) is 0 Å². The Kier molecular flexibility index (Phi) is 2.73. The number of anilines is 1. The van der Waals surface area contributed by atoms with E-state index in [2.05, 4.69) is 36.1 Å². The first-order valence-corrected chi connectivity index (χ1v) is 5.35. The second-order valence-corrected chi connectivity index (χ2v) is 4.01. The van der Waals surface area contributed by atoms with Crippen LogP contribution in [0.15, 0.2) is 24.3 Å². The first kappa shape index (κ1) is 9.53. The lowest BCUT2D eigenvalue weighted by Crippen LogP contribution is -2.35. The van der Waals surface area contributed by atoms with Crippen LogP contribution in [0.4, 0.5) is 5.69 Å². The normalized spacial score (nSPS) is 21.6. The molecule has 2 N–H and O–H groups in total. The van der Waals surface area contributed by atoms with E-state index < -0.39 is 0 Å². The molecule has 1 unspecified atom stereocenters. The molecule has 0 aromatic heterocycles. The quantitative estimate of drug-likeness (QED) is 0.772. The minimum atomic E-state index is 0.552. The van der Waals surface area contributed by atoms with Crippen LogP contribution in [0, 0.1) is 6.92 Å². The summed E-state index contributed by atoms with van der Waals surface area (Å²) in [5.41, 5.74) is 8.49. The smallest absolute Gasteiger partial charge is 0.0413 e. The van der Waals surface area contributed by atoms with Crippen molar-refractivity contribution in [1.29, 1.82) is 0 Å². The van der Waals surface area contributed by atoms with E-state index >= 15 is 0 Å². The van der Waals surface area contributed by atoms with Crippen molar-refractivity contribution >= 4 is 5.69 Å². The van der Waals surface area contributed by atoms with Gasteiger partial charge in [-0.1, -0.05) is 18.2 Å². The van der Waals surface area contributed by atoms with Gasteiger partial charge in [0.05, 0.1) is 0 Å². The Morgan fingerprint density at radius 2 is 2.21 bits per heavy atom. The van der Waals surface area contributed by atoms with Gasteiger partial charge < -0.3 is 10.6 Å². The lowest BCUT2D eigenvalue weighted by Gasteiger charge is -2.27. The number of hydrogen-bond acceptors (Lipinski definition) is 2. The summed E-state index contributed by atoms with van der Waals surface area (Å²) in [6, 6.07) is 9.11. The van der Waals surface area contributed by atoms with E-state index in [-0.39, 0.29) is 0 Å². The molecule has 1 saturated heterocycles. The Labute approximate surface area is 85.7 Å². The van der Waals surface area contributed by atoms with Crippen molar-refractivity contribution < 1.29 is 0 Å². The minimum Gasteiger partial charge on any atom is -0.367 e. The minimum absolute atomic E-state index is 0.552. The van der Waals surface area contributed by atoms with Gasteiger partial charge >= 0.3 is 0 Å². The second-order valence-electron chi connectivity index (χ2n) is 4.01. The zero-order valence-corrected chi connectivity index (χ0v) is 8.74. The van der Waals surface area contributed by atoms with Crippen molar-refractivity contribution in [3.8, 4) is 0 Å². The highest BCUT2D eigenvalue weighted by atomic mass is 15.2. The molecule has 1 heterocycles. The molecule has 0 spiro atoms. The highest BCUT2D eigenvalue weighted by Gasteiger charge is 2.23. The zero-order valence-electron chi connectivity index (χ0n) is 8.74. The Hall–Kier alpha value is -1.02. The third-order valence-corrected chi connectivity index (χ3v) is 3.07. The summed E-state index contributed by atoms with van der Waals surface area (Å²) in [6.07, 6.45) is 2.51. The SMILES string of the molecule is Cc1ccccc1N1CCCC1CN. The molecule has 2 heteroatoms. The summed E-state index contributed by atoms with van der Waals surface area (Å²) < 4.78 is 0. The molecule has 0 amide bonds. The molecular formula is C12H18N2. The molecule has 1 fully saturated rings. The number of rotatable bonds is 2. The molecule has 76 valence electrons. The standard InChI is InChI=1S/C12H18N2/c1-10-5-2-3-7-12(10)14-8-4-6-11(14)9-13/h2-3,5,7,11H,4,6,8-9,13H2,1H3. The summed E-state index contributed by atoms with van der Waals surface area (Å²) in [5, 5.41) is 0.